The molecular weight excluding hydrogens is 377 g/mol. The van der Waals surface area contributed by atoms with E-state index in [0.29, 0.717) is 37.2 Å². The molecule has 28 heavy (non-hydrogen) atoms. The molecule has 0 heterocycles. The number of ether oxygens (including phenoxy) is 1. The minimum absolute atomic E-state index is 0.0197. The number of hydrogen-bond donors (Lipinski definition) is 1. The Morgan fingerprint density at radius 1 is 1.11 bits per heavy atom. The van der Waals surface area contributed by atoms with Gasteiger partial charge in [-0.05, 0) is 48.9 Å². The Bertz CT molecular complexity index is 855. The molecule has 0 radical (unpaired) electrons. The number of nitrogens with one attached hydrogen (secondary N) is 1. The van der Waals surface area contributed by atoms with E-state index in [0.717, 1.165) is 18.4 Å². The van der Waals surface area contributed by atoms with Crippen LogP contribution in [-0.4, -0.2) is 20.2 Å². The van der Waals surface area contributed by atoms with Gasteiger partial charge in [0.1, 0.15) is 12.4 Å². The van der Waals surface area contributed by atoms with Crippen LogP contribution in [0.1, 0.15) is 50.2 Å². The molecule has 2 atom stereocenters. The van der Waals surface area contributed by atoms with E-state index in [9.17, 15) is 8.42 Å². The summed E-state index contributed by atoms with van der Waals surface area (Å²) >= 11 is 0. The second kappa shape index (κ2) is 9.05. The highest BCUT2D eigenvalue weighted by atomic mass is 32.2. The van der Waals surface area contributed by atoms with Gasteiger partial charge >= 0.3 is 0 Å². The first kappa shape index (κ1) is 20.8. The third kappa shape index (κ3) is 5.11. The van der Waals surface area contributed by atoms with E-state index in [4.69, 9.17) is 4.74 Å². The average Bonchev–Trinajstić information content (AvgIpc) is 2.69. The van der Waals surface area contributed by atoms with Crippen LogP contribution in [0.25, 0.3) is 0 Å². The largest absolute Gasteiger partial charge is 0.489 e. The topological polar surface area (TPSA) is 55.4 Å². The molecule has 0 aromatic heterocycles. The van der Waals surface area contributed by atoms with Crippen molar-refractivity contribution in [3.8, 4) is 5.75 Å². The maximum Gasteiger partial charge on any atom is 0.211 e. The monoisotopic (exact) mass is 405 g/mol. The first-order chi connectivity index (χ1) is 13.4. The summed E-state index contributed by atoms with van der Waals surface area (Å²) in [6, 6.07) is 16.1. The van der Waals surface area contributed by atoms with E-state index in [1.165, 1.54) is 0 Å². The molecule has 0 amide bonds. The Kier molecular flexibility index (Phi) is 6.73. The second-order valence-corrected chi connectivity index (χ2v) is 9.27. The minimum Gasteiger partial charge on any atom is -0.489 e. The summed E-state index contributed by atoms with van der Waals surface area (Å²) < 4.78 is 48.7. The third-order valence-corrected chi connectivity index (χ3v) is 6.80. The summed E-state index contributed by atoms with van der Waals surface area (Å²) in [7, 11) is -3.47. The fraction of sp³-hybridized carbons (Fsp3) is 0.455. The number of rotatable bonds is 8. The van der Waals surface area contributed by atoms with E-state index >= 15 is 4.39 Å². The number of benzene rings is 2. The molecule has 3 rings (SSSR count). The zero-order chi connectivity index (χ0) is 20.0. The van der Waals surface area contributed by atoms with Gasteiger partial charge in [0.2, 0.25) is 10.0 Å². The molecule has 0 saturated heterocycles. The summed E-state index contributed by atoms with van der Waals surface area (Å²) in [4.78, 5) is 0. The van der Waals surface area contributed by atoms with Crippen molar-refractivity contribution in [1.82, 2.24) is 4.72 Å². The van der Waals surface area contributed by atoms with Gasteiger partial charge in [0.05, 0.1) is 11.8 Å². The molecule has 0 bridgehead atoms. The molecule has 2 unspecified atom stereocenters. The molecule has 0 aliphatic heterocycles. The van der Waals surface area contributed by atoms with Gasteiger partial charge < -0.3 is 4.74 Å². The van der Waals surface area contributed by atoms with E-state index < -0.39 is 21.7 Å². The maximum absolute atomic E-state index is 16.0. The van der Waals surface area contributed by atoms with Gasteiger partial charge in [0.25, 0.3) is 0 Å². The highest BCUT2D eigenvalue weighted by molar-refractivity contribution is 7.89. The SMILES string of the molecule is CCCS(=O)(=O)NC1CCCCC1(F)c1ccc(OCc2ccccc2)cc1. The van der Waals surface area contributed by atoms with Crippen LogP contribution in [0.3, 0.4) is 0 Å². The van der Waals surface area contributed by atoms with Gasteiger partial charge in [-0.1, -0.05) is 55.8 Å². The highest BCUT2D eigenvalue weighted by Gasteiger charge is 2.44. The minimum atomic E-state index is -3.47. The van der Waals surface area contributed by atoms with E-state index in [1.807, 2.05) is 30.3 Å². The van der Waals surface area contributed by atoms with Gasteiger partial charge in [-0.15, -0.1) is 0 Å². The molecule has 4 nitrogen and oxygen atoms in total. The Hall–Kier alpha value is -1.92. The Balaban J connectivity index is 1.72. The molecule has 0 spiro atoms. The number of hydrogen-bond acceptors (Lipinski definition) is 3. The second-order valence-electron chi connectivity index (χ2n) is 7.40. The fourth-order valence-corrected chi connectivity index (χ4v) is 5.14. The van der Waals surface area contributed by atoms with Crippen LogP contribution in [0, 0.1) is 0 Å². The Morgan fingerprint density at radius 2 is 1.82 bits per heavy atom. The lowest BCUT2D eigenvalue weighted by atomic mass is 9.77. The van der Waals surface area contributed by atoms with Crippen LogP contribution in [-0.2, 0) is 22.3 Å². The normalized spacial score (nSPS) is 22.7. The zero-order valence-corrected chi connectivity index (χ0v) is 17.1. The first-order valence-electron chi connectivity index (χ1n) is 9.89. The number of sulfonamides is 1. The summed E-state index contributed by atoms with van der Waals surface area (Å²) in [5.74, 6) is 0.682. The highest BCUT2D eigenvalue weighted by Crippen LogP contribution is 2.41. The molecular formula is C22H28FNO3S. The van der Waals surface area contributed by atoms with Crippen LogP contribution in [0.5, 0.6) is 5.75 Å². The number of alkyl halides is 1. The lowest BCUT2D eigenvalue weighted by Gasteiger charge is -2.38. The van der Waals surface area contributed by atoms with Crippen LogP contribution in [0.2, 0.25) is 0 Å². The van der Waals surface area contributed by atoms with Crippen LogP contribution in [0.15, 0.2) is 54.6 Å². The molecule has 6 heteroatoms. The Labute approximate surface area is 167 Å². The smallest absolute Gasteiger partial charge is 0.211 e. The summed E-state index contributed by atoms with van der Waals surface area (Å²) in [6.45, 7) is 2.25. The third-order valence-electron chi connectivity index (χ3n) is 5.21. The molecule has 1 aliphatic rings. The van der Waals surface area contributed by atoms with Gasteiger partial charge in [-0.3, -0.25) is 0 Å². The van der Waals surface area contributed by atoms with Crippen LogP contribution in [0.4, 0.5) is 4.39 Å². The van der Waals surface area contributed by atoms with Crippen LogP contribution >= 0.6 is 0 Å². The van der Waals surface area contributed by atoms with E-state index in [-0.39, 0.29) is 5.75 Å². The van der Waals surface area contributed by atoms with E-state index in [1.54, 1.807) is 31.2 Å². The quantitative estimate of drug-likeness (QED) is 0.692. The number of halogens is 1. The molecule has 2 aromatic rings. The van der Waals surface area contributed by atoms with Gasteiger partial charge in [0, 0.05) is 0 Å². The lowest BCUT2D eigenvalue weighted by Crippen LogP contribution is -2.50. The van der Waals surface area contributed by atoms with Crippen molar-refractivity contribution < 1.29 is 17.5 Å². The molecule has 152 valence electrons. The molecule has 1 aliphatic carbocycles. The van der Waals surface area contributed by atoms with Crippen molar-refractivity contribution in [2.24, 2.45) is 0 Å². The zero-order valence-electron chi connectivity index (χ0n) is 16.2. The molecule has 1 fully saturated rings. The van der Waals surface area contributed by atoms with E-state index in [2.05, 4.69) is 4.72 Å². The van der Waals surface area contributed by atoms with Crippen molar-refractivity contribution in [3.63, 3.8) is 0 Å². The van der Waals surface area contributed by atoms with Gasteiger partial charge in [-0.25, -0.2) is 17.5 Å². The molecule has 1 saturated carbocycles. The van der Waals surface area contributed by atoms with Crippen molar-refractivity contribution >= 4 is 10.0 Å². The lowest BCUT2D eigenvalue weighted by molar-refractivity contribution is 0.0712. The predicted octanol–water partition coefficient (Wildman–Crippen LogP) is 4.70. The van der Waals surface area contributed by atoms with Crippen molar-refractivity contribution in [2.75, 3.05) is 5.75 Å². The van der Waals surface area contributed by atoms with Crippen molar-refractivity contribution in [2.45, 2.75) is 57.3 Å². The summed E-state index contributed by atoms with van der Waals surface area (Å²) in [5, 5.41) is 0. The van der Waals surface area contributed by atoms with Gasteiger partial charge in [-0.2, -0.15) is 0 Å². The summed E-state index contributed by atoms with van der Waals surface area (Å²) in [5.41, 5.74) is -0.133. The average molecular weight is 406 g/mol. The first-order valence-corrected chi connectivity index (χ1v) is 11.5. The van der Waals surface area contributed by atoms with Crippen LogP contribution < -0.4 is 9.46 Å². The van der Waals surface area contributed by atoms with Crippen molar-refractivity contribution in [3.05, 3.63) is 65.7 Å². The molecule has 1 N–H and O–H groups in total. The predicted molar refractivity (Wildman–Crippen MR) is 109 cm³/mol. The Morgan fingerprint density at radius 3 is 2.50 bits per heavy atom. The van der Waals surface area contributed by atoms with Crippen molar-refractivity contribution in [1.29, 1.82) is 0 Å². The standard InChI is InChI=1S/C22H28FNO3S/c1-2-16-28(25,26)24-21-10-6-7-15-22(21,23)19-11-13-20(14-12-19)27-17-18-8-4-3-5-9-18/h3-5,8-9,11-14,21,24H,2,6-7,10,15-17H2,1H3. The maximum atomic E-state index is 16.0. The van der Waals surface area contributed by atoms with Gasteiger partial charge in [0.15, 0.2) is 5.67 Å². The fourth-order valence-electron chi connectivity index (χ4n) is 3.75. The summed E-state index contributed by atoms with van der Waals surface area (Å²) in [6.07, 6.45) is 2.90. The molecule has 2 aromatic carbocycles.